The lowest BCUT2D eigenvalue weighted by Crippen LogP contribution is -2.42. The van der Waals surface area contributed by atoms with E-state index in [-0.39, 0.29) is 17.7 Å². The molecule has 1 aliphatic rings. The number of H-pyrrole nitrogens is 1. The topological polar surface area (TPSA) is 103 Å². The molecule has 0 fully saturated rings. The van der Waals surface area contributed by atoms with E-state index in [0.29, 0.717) is 32.3 Å². The minimum atomic E-state index is -4.19. The molecule has 4 rings (SSSR count). The molecule has 0 radical (unpaired) electrons. The van der Waals surface area contributed by atoms with Gasteiger partial charge in [0.2, 0.25) is 0 Å². The third-order valence-corrected chi connectivity index (χ3v) is 6.23. The highest BCUT2D eigenvalue weighted by Gasteiger charge is 2.48. The van der Waals surface area contributed by atoms with Crippen LogP contribution in [0.1, 0.15) is 41.1 Å². The number of aryl methyl sites for hydroxylation is 2. The first-order chi connectivity index (χ1) is 17.0. The van der Waals surface area contributed by atoms with Crippen molar-refractivity contribution in [2.45, 2.75) is 38.7 Å². The Labute approximate surface area is 210 Å². The van der Waals surface area contributed by atoms with E-state index in [2.05, 4.69) is 10.1 Å². The van der Waals surface area contributed by atoms with Crippen molar-refractivity contribution in [3.8, 4) is 11.1 Å². The molecule has 7 nitrogen and oxygen atoms in total. The molecule has 3 aromatic rings. The third-order valence-electron chi connectivity index (χ3n) is 5.98. The Kier molecular flexibility index (Phi) is 6.77. The molecule has 0 saturated heterocycles. The summed E-state index contributed by atoms with van der Waals surface area (Å²) in [6.07, 6.45) is -0.160. The molecule has 0 spiro atoms. The molecule has 36 heavy (non-hydrogen) atoms. The summed E-state index contributed by atoms with van der Waals surface area (Å²) >= 11 is 6.02. The molecule has 1 amide bonds. The van der Waals surface area contributed by atoms with Gasteiger partial charge in [-0.25, -0.2) is 5.01 Å². The van der Waals surface area contributed by atoms with E-state index in [1.54, 1.807) is 55.5 Å². The average molecular weight is 514 g/mol. The Morgan fingerprint density at radius 2 is 1.75 bits per heavy atom. The van der Waals surface area contributed by atoms with E-state index in [1.165, 1.54) is 6.20 Å². The summed E-state index contributed by atoms with van der Waals surface area (Å²) in [6.45, 7) is 3.63. The maximum absolute atomic E-state index is 14.6. The summed E-state index contributed by atoms with van der Waals surface area (Å²) in [5.41, 5.74) is 3.11. The number of alkyl halides is 2. The van der Waals surface area contributed by atoms with Crippen LogP contribution in [0.2, 0.25) is 5.02 Å². The maximum Gasteiger partial charge on any atom is 0.337 e. The molecule has 2 heterocycles. The van der Waals surface area contributed by atoms with E-state index >= 15 is 0 Å². The Morgan fingerprint density at radius 3 is 2.36 bits per heavy atom. The zero-order valence-electron chi connectivity index (χ0n) is 19.4. The monoisotopic (exact) mass is 513 g/mol. The highest BCUT2D eigenvalue weighted by atomic mass is 35.5. The van der Waals surface area contributed by atoms with Crippen molar-refractivity contribution in [3.05, 3.63) is 92.4 Å². The number of carbonyl (C=O) groups excluding carboxylic acids is 1. The van der Waals surface area contributed by atoms with Gasteiger partial charge in [-0.1, -0.05) is 53.6 Å². The molecule has 2 N–H and O–H groups in total. The number of pyridine rings is 1. The number of benzene rings is 2. The van der Waals surface area contributed by atoms with Crippen LogP contribution in [0.3, 0.4) is 0 Å². The molecule has 186 valence electrons. The molecule has 0 bridgehead atoms. The molecule has 1 atom stereocenters. The standard InChI is InChI=1S/C26H22ClF2N3O4/c1-14-3-5-16(6-4-14)20-11-19(31-32(20)25(36)26(28,29)12-21(33)34)23-22(15(2)13-30-24(23)35)17-7-9-18(27)10-8-17/h3-10,13,20H,11-12H2,1-2H3,(H,30,35)(H,33,34). The summed E-state index contributed by atoms with van der Waals surface area (Å²) < 4.78 is 29.2. The smallest absolute Gasteiger partial charge is 0.337 e. The molecule has 0 saturated carbocycles. The fourth-order valence-corrected chi connectivity index (χ4v) is 4.35. The predicted octanol–water partition coefficient (Wildman–Crippen LogP) is 5.10. The van der Waals surface area contributed by atoms with E-state index in [1.807, 2.05) is 6.92 Å². The van der Waals surface area contributed by atoms with Gasteiger partial charge in [0.25, 0.3) is 5.56 Å². The number of aliphatic carboxylic acids is 1. The van der Waals surface area contributed by atoms with Crippen LogP contribution in [-0.4, -0.2) is 38.6 Å². The van der Waals surface area contributed by atoms with Crippen LogP contribution < -0.4 is 5.56 Å². The molecular weight excluding hydrogens is 492 g/mol. The number of aromatic amines is 1. The molecule has 2 aromatic carbocycles. The molecule has 1 aromatic heterocycles. The van der Waals surface area contributed by atoms with Crippen LogP contribution in [0.4, 0.5) is 8.78 Å². The van der Waals surface area contributed by atoms with Gasteiger partial charge in [0, 0.05) is 23.2 Å². The van der Waals surface area contributed by atoms with E-state index < -0.39 is 35.8 Å². The lowest BCUT2D eigenvalue weighted by Gasteiger charge is -2.25. The number of carboxylic acid groups (broad SMARTS) is 1. The fourth-order valence-electron chi connectivity index (χ4n) is 4.22. The zero-order valence-corrected chi connectivity index (χ0v) is 20.1. The molecule has 0 aliphatic carbocycles. The molecule has 1 aliphatic heterocycles. The third kappa shape index (κ3) is 4.92. The maximum atomic E-state index is 14.6. The quantitative estimate of drug-likeness (QED) is 0.478. The largest absolute Gasteiger partial charge is 0.481 e. The number of hydrogen-bond donors (Lipinski definition) is 2. The first kappa shape index (κ1) is 25.2. The van der Waals surface area contributed by atoms with Crippen molar-refractivity contribution >= 4 is 29.2 Å². The number of carbonyl (C=O) groups is 2. The summed E-state index contributed by atoms with van der Waals surface area (Å²) in [7, 11) is 0. The van der Waals surface area contributed by atoms with E-state index in [9.17, 15) is 23.2 Å². The van der Waals surface area contributed by atoms with Gasteiger partial charge in [0.05, 0.1) is 17.3 Å². The lowest BCUT2D eigenvalue weighted by atomic mass is 9.91. The Bertz CT molecular complexity index is 1420. The number of nitrogens with one attached hydrogen (secondary N) is 1. The number of halogens is 3. The average Bonchev–Trinajstić information content (AvgIpc) is 3.25. The fraction of sp³-hybridized carbons (Fsp3) is 0.231. The van der Waals surface area contributed by atoms with Gasteiger partial charge < -0.3 is 10.1 Å². The predicted molar refractivity (Wildman–Crippen MR) is 131 cm³/mol. The van der Waals surface area contributed by atoms with Crippen molar-refractivity contribution in [3.63, 3.8) is 0 Å². The Hall–Kier alpha value is -3.85. The normalized spacial score (nSPS) is 15.6. The number of amides is 1. The van der Waals surface area contributed by atoms with Gasteiger partial charge >= 0.3 is 17.8 Å². The highest BCUT2D eigenvalue weighted by molar-refractivity contribution is 6.30. The minimum absolute atomic E-state index is 0.0227. The van der Waals surface area contributed by atoms with Crippen LogP contribution >= 0.6 is 11.6 Å². The van der Waals surface area contributed by atoms with E-state index in [0.717, 1.165) is 5.56 Å². The molecule has 10 heteroatoms. The van der Waals surface area contributed by atoms with Gasteiger partial charge in [0.1, 0.15) is 6.42 Å². The number of nitrogens with zero attached hydrogens (tertiary/aromatic N) is 2. The summed E-state index contributed by atoms with van der Waals surface area (Å²) in [5, 5.41) is 14.2. The number of hydrazone groups is 1. The summed E-state index contributed by atoms with van der Waals surface area (Å²) in [5.74, 6) is -7.75. The minimum Gasteiger partial charge on any atom is -0.481 e. The van der Waals surface area contributed by atoms with Gasteiger partial charge in [-0.05, 0) is 42.7 Å². The summed E-state index contributed by atoms with van der Waals surface area (Å²) in [6, 6.07) is 12.7. The van der Waals surface area contributed by atoms with Crippen LogP contribution in [0.5, 0.6) is 0 Å². The van der Waals surface area contributed by atoms with Gasteiger partial charge in [-0.3, -0.25) is 14.4 Å². The van der Waals surface area contributed by atoms with Gasteiger partial charge in [0.15, 0.2) is 0 Å². The van der Waals surface area contributed by atoms with Crippen molar-refractivity contribution in [1.29, 1.82) is 0 Å². The number of carboxylic acids is 1. The van der Waals surface area contributed by atoms with Crippen molar-refractivity contribution in [2.24, 2.45) is 5.10 Å². The summed E-state index contributed by atoms with van der Waals surface area (Å²) in [4.78, 5) is 39.5. The van der Waals surface area contributed by atoms with Crippen LogP contribution in [0.15, 0.2) is 64.6 Å². The first-order valence-electron chi connectivity index (χ1n) is 11.0. The second-order valence-corrected chi connectivity index (χ2v) is 9.10. The number of rotatable bonds is 6. The number of hydrogen-bond acceptors (Lipinski definition) is 4. The van der Waals surface area contributed by atoms with Crippen LogP contribution in [-0.2, 0) is 9.59 Å². The van der Waals surface area contributed by atoms with Crippen LogP contribution in [0.25, 0.3) is 11.1 Å². The van der Waals surface area contributed by atoms with Crippen molar-refractivity contribution < 1.29 is 23.5 Å². The first-order valence-corrected chi connectivity index (χ1v) is 11.4. The molecular formula is C26H22ClF2N3O4. The van der Waals surface area contributed by atoms with Gasteiger partial charge in [-0.2, -0.15) is 13.9 Å². The van der Waals surface area contributed by atoms with Crippen LogP contribution in [0, 0.1) is 13.8 Å². The Balaban J connectivity index is 1.87. The number of aromatic nitrogens is 1. The zero-order chi connectivity index (χ0) is 26.2. The van der Waals surface area contributed by atoms with Gasteiger partial charge in [-0.15, -0.1) is 0 Å². The van der Waals surface area contributed by atoms with Crippen molar-refractivity contribution in [2.75, 3.05) is 0 Å². The SMILES string of the molecule is Cc1ccc(C2CC(c3c(-c4ccc(Cl)cc4)c(C)c[nH]c3=O)=NN2C(=O)C(F)(F)CC(=O)O)cc1. The van der Waals surface area contributed by atoms with E-state index in [4.69, 9.17) is 16.7 Å². The van der Waals surface area contributed by atoms with Crippen molar-refractivity contribution in [1.82, 2.24) is 9.99 Å². The molecule has 1 unspecified atom stereocenters. The lowest BCUT2D eigenvalue weighted by molar-refractivity contribution is -0.167. The highest BCUT2D eigenvalue weighted by Crippen LogP contribution is 2.38. The second kappa shape index (κ2) is 9.66. The Morgan fingerprint density at radius 1 is 1.11 bits per heavy atom. The second-order valence-electron chi connectivity index (χ2n) is 8.66.